The van der Waals surface area contributed by atoms with E-state index in [-0.39, 0.29) is 18.6 Å². The summed E-state index contributed by atoms with van der Waals surface area (Å²) in [7, 11) is 4.08. The number of likely N-dealkylation sites (N-methyl/N-ethyl adjacent to an activating group) is 1. The number of hydrogen-bond acceptors (Lipinski definition) is 3. The molecular formula is C12H26N2O2. The van der Waals surface area contributed by atoms with E-state index in [1.807, 2.05) is 39.8 Å². The van der Waals surface area contributed by atoms with E-state index in [1.54, 1.807) is 0 Å². The molecular weight excluding hydrogens is 204 g/mol. The van der Waals surface area contributed by atoms with E-state index in [4.69, 9.17) is 4.74 Å². The molecule has 0 atom stereocenters. The molecule has 0 bridgehead atoms. The molecule has 0 spiro atoms. The molecule has 0 aromatic heterocycles. The first kappa shape index (κ1) is 15.4. The fraction of sp³-hybridized carbons (Fsp3) is 0.917. The molecule has 0 aromatic carbocycles. The van der Waals surface area contributed by atoms with Crippen molar-refractivity contribution in [3.05, 3.63) is 0 Å². The molecule has 0 saturated carbocycles. The Morgan fingerprint density at radius 3 is 2.31 bits per heavy atom. The Kier molecular flexibility index (Phi) is 8.21. The Labute approximate surface area is 99.5 Å². The Bertz CT molecular complexity index is 193. The van der Waals surface area contributed by atoms with Crippen LogP contribution in [-0.2, 0) is 9.53 Å². The molecule has 0 aromatic rings. The maximum Gasteiger partial charge on any atom is 0.248 e. The van der Waals surface area contributed by atoms with Crippen molar-refractivity contribution in [2.24, 2.45) is 0 Å². The summed E-state index contributed by atoms with van der Waals surface area (Å²) in [6.07, 6.45) is 1.12. The first-order chi connectivity index (χ1) is 7.47. The molecule has 0 fully saturated rings. The quantitative estimate of drug-likeness (QED) is 0.628. The van der Waals surface area contributed by atoms with Gasteiger partial charge in [-0.05, 0) is 47.8 Å². The molecule has 4 heteroatoms. The summed E-state index contributed by atoms with van der Waals surface area (Å²) < 4.78 is 5.31. The summed E-state index contributed by atoms with van der Waals surface area (Å²) in [5, 5.41) is 0. The smallest absolute Gasteiger partial charge is 0.248 e. The van der Waals surface area contributed by atoms with Gasteiger partial charge in [-0.3, -0.25) is 4.79 Å². The zero-order valence-corrected chi connectivity index (χ0v) is 11.3. The molecule has 0 unspecified atom stereocenters. The third-order valence-electron chi connectivity index (χ3n) is 2.31. The summed E-state index contributed by atoms with van der Waals surface area (Å²) in [5.41, 5.74) is 0. The summed E-state index contributed by atoms with van der Waals surface area (Å²) >= 11 is 0. The third kappa shape index (κ3) is 7.65. The lowest BCUT2D eigenvalue weighted by Crippen LogP contribution is -2.36. The van der Waals surface area contributed by atoms with Crippen molar-refractivity contribution in [2.45, 2.75) is 33.3 Å². The van der Waals surface area contributed by atoms with Crippen molar-refractivity contribution in [2.75, 3.05) is 40.3 Å². The van der Waals surface area contributed by atoms with Gasteiger partial charge in [0.2, 0.25) is 5.91 Å². The second-order valence-electron chi connectivity index (χ2n) is 4.49. The van der Waals surface area contributed by atoms with Crippen molar-refractivity contribution < 1.29 is 9.53 Å². The number of ether oxygens (including phenoxy) is 1. The lowest BCUT2D eigenvalue weighted by atomic mass is 10.3. The lowest BCUT2D eigenvalue weighted by Gasteiger charge is -2.22. The fourth-order valence-electron chi connectivity index (χ4n) is 1.37. The van der Waals surface area contributed by atoms with Gasteiger partial charge in [-0.15, -0.1) is 0 Å². The van der Waals surface area contributed by atoms with Crippen LogP contribution in [0.4, 0.5) is 0 Å². The van der Waals surface area contributed by atoms with E-state index >= 15 is 0 Å². The molecule has 0 aliphatic rings. The van der Waals surface area contributed by atoms with Crippen LogP contribution in [0.5, 0.6) is 0 Å². The van der Waals surface area contributed by atoms with Gasteiger partial charge in [0.15, 0.2) is 0 Å². The van der Waals surface area contributed by atoms with Crippen LogP contribution in [0.1, 0.15) is 27.2 Å². The molecule has 0 N–H and O–H groups in total. The average molecular weight is 230 g/mol. The highest BCUT2D eigenvalue weighted by molar-refractivity contribution is 5.77. The normalized spacial score (nSPS) is 11.2. The van der Waals surface area contributed by atoms with E-state index in [0.717, 1.165) is 26.1 Å². The van der Waals surface area contributed by atoms with E-state index < -0.39 is 0 Å². The largest absolute Gasteiger partial charge is 0.369 e. The van der Waals surface area contributed by atoms with Gasteiger partial charge in [-0.25, -0.2) is 0 Å². The second kappa shape index (κ2) is 8.53. The molecule has 0 rings (SSSR count). The predicted octanol–water partition coefficient (Wildman–Crippen LogP) is 1.21. The number of nitrogens with zero attached hydrogens (tertiary/aromatic N) is 2. The molecule has 0 heterocycles. The van der Waals surface area contributed by atoms with Gasteiger partial charge in [0.05, 0.1) is 6.10 Å². The van der Waals surface area contributed by atoms with E-state index in [1.165, 1.54) is 0 Å². The van der Waals surface area contributed by atoms with E-state index in [9.17, 15) is 4.79 Å². The summed E-state index contributed by atoms with van der Waals surface area (Å²) in [4.78, 5) is 15.7. The zero-order chi connectivity index (χ0) is 12.6. The van der Waals surface area contributed by atoms with E-state index in [0.29, 0.717) is 0 Å². The van der Waals surface area contributed by atoms with Crippen LogP contribution in [0.3, 0.4) is 0 Å². The third-order valence-corrected chi connectivity index (χ3v) is 2.31. The van der Waals surface area contributed by atoms with Crippen LogP contribution in [0, 0.1) is 0 Å². The first-order valence-corrected chi connectivity index (χ1v) is 6.01. The summed E-state index contributed by atoms with van der Waals surface area (Å²) in [5.74, 6) is 0.0926. The molecule has 0 aliphatic carbocycles. The Balaban J connectivity index is 3.83. The highest BCUT2D eigenvalue weighted by Gasteiger charge is 2.11. The van der Waals surface area contributed by atoms with Gasteiger partial charge in [-0.2, -0.15) is 0 Å². The van der Waals surface area contributed by atoms with Crippen molar-refractivity contribution in [3.8, 4) is 0 Å². The first-order valence-electron chi connectivity index (χ1n) is 6.01. The minimum absolute atomic E-state index is 0.0926. The number of carbonyl (C=O) groups excluding carboxylic acids is 1. The van der Waals surface area contributed by atoms with Crippen molar-refractivity contribution in [1.29, 1.82) is 0 Å². The minimum Gasteiger partial charge on any atom is -0.369 e. The molecule has 0 aliphatic heterocycles. The topological polar surface area (TPSA) is 32.8 Å². The van der Waals surface area contributed by atoms with Crippen LogP contribution in [0.2, 0.25) is 0 Å². The molecule has 96 valence electrons. The highest BCUT2D eigenvalue weighted by atomic mass is 16.5. The maximum atomic E-state index is 11.7. The monoisotopic (exact) mass is 230 g/mol. The van der Waals surface area contributed by atoms with Crippen LogP contribution >= 0.6 is 0 Å². The standard InChI is InChI=1S/C12H26N2O2/c1-6-14(9-7-8-13(4)5)12(15)10-16-11(2)3/h11H,6-10H2,1-5H3. The Morgan fingerprint density at radius 1 is 1.25 bits per heavy atom. The SMILES string of the molecule is CCN(CCCN(C)C)C(=O)COC(C)C. The van der Waals surface area contributed by atoms with Crippen LogP contribution in [0.25, 0.3) is 0 Å². The number of rotatable bonds is 8. The number of amides is 1. The van der Waals surface area contributed by atoms with Gasteiger partial charge in [-0.1, -0.05) is 0 Å². The van der Waals surface area contributed by atoms with Gasteiger partial charge in [0.1, 0.15) is 6.61 Å². The second-order valence-corrected chi connectivity index (χ2v) is 4.49. The maximum absolute atomic E-state index is 11.7. The van der Waals surface area contributed by atoms with Gasteiger partial charge < -0.3 is 14.5 Å². The Hall–Kier alpha value is -0.610. The molecule has 0 saturated heterocycles. The Morgan fingerprint density at radius 2 is 1.88 bits per heavy atom. The van der Waals surface area contributed by atoms with Crippen LogP contribution in [0.15, 0.2) is 0 Å². The number of hydrogen-bond donors (Lipinski definition) is 0. The zero-order valence-electron chi connectivity index (χ0n) is 11.3. The van der Waals surface area contributed by atoms with Crippen LogP contribution in [-0.4, -0.2) is 62.1 Å². The molecule has 16 heavy (non-hydrogen) atoms. The lowest BCUT2D eigenvalue weighted by molar-refractivity contribution is -0.137. The van der Waals surface area contributed by atoms with Crippen molar-refractivity contribution in [1.82, 2.24) is 9.80 Å². The minimum atomic E-state index is 0.0926. The molecule has 0 radical (unpaired) electrons. The van der Waals surface area contributed by atoms with Gasteiger partial charge in [0, 0.05) is 13.1 Å². The number of carbonyl (C=O) groups is 1. The molecule has 1 amide bonds. The van der Waals surface area contributed by atoms with Crippen LogP contribution < -0.4 is 0 Å². The predicted molar refractivity (Wildman–Crippen MR) is 66.5 cm³/mol. The average Bonchev–Trinajstić information content (AvgIpc) is 2.20. The summed E-state index contributed by atoms with van der Waals surface area (Å²) in [6.45, 7) is 8.67. The van der Waals surface area contributed by atoms with Gasteiger partial charge >= 0.3 is 0 Å². The fourth-order valence-corrected chi connectivity index (χ4v) is 1.37. The van der Waals surface area contributed by atoms with E-state index in [2.05, 4.69) is 4.90 Å². The summed E-state index contributed by atoms with van der Waals surface area (Å²) in [6, 6.07) is 0. The van der Waals surface area contributed by atoms with Gasteiger partial charge in [0.25, 0.3) is 0 Å². The van der Waals surface area contributed by atoms with Crippen molar-refractivity contribution >= 4 is 5.91 Å². The highest BCUT2D eigenvalue weighted by Crippen LogP contribution is 1.96. The van der Waals surface area contributed by atoms with Crippen molar-refractivity contribution in [3.63, 3.8) is 0 Å². The molecule has 4 nitrogen and oxygen atoms in total.